The third-order valence-electron chi connectivity index (χ3n) is 3.73. The quantitative estimate of drug-likeness (QED) is 0.880. The van der Waals surface area contributed by atoms with Crippen molar-refractivity contribution in [2.24, 2.45) is 18.7 Å². The molecule has 0 radical (unpaired) electrons. The van der Waals surface area contributed by atoms with Crippen LogP contribution in [-0.2, 0) is 7.05 Å². The molecule has 0 aromatic carbocycles. The van der Waals surface area contributed by atoms with E-state index in [9.17, 15) is 4.79 Å². The van der Waals surface area contributed by atoms with Crippen molar-refractivity contribution in [3.05, 3.63) is 18.2 Å². The van der Waals surface area contributed by atoms with Gasteiger partial charge in [-0.3, -0.25) is 4.79 Å². The molecular formula is C13H23ClN4O. The van der Waals surface area contributed by atoms with Gasteiger partial charge in [-0.1, -0.05) is 19.3 Å². The molecule has 0 bridgehead atoms. The molecule has 1 fully saturated rings. The van der Waals surface area contributed by atoms with Crippen LogP contribution in [0.2, 0.25) is 0 Å². The number of imidazole rings is 1. The number of nitrogens with zero attached hydrogens (tertiary/aromatic N) is 2. The predicted octanol–water partition coefficient (Wildman–Crippen LogP) is 1.48. The minimum Gasteiger partial charge on any atom is -0.346 e. The Balaban J connectivity index is 0.00000180. The fourth-order valence-corrected chi connectivity index (χ4v) is 2.68. The molecule has 1 aromatic heterocycles. The van der Waals surface area contributed by atoms with Crippen LogP contribution in [0.4, 0.5) is 0 Å². The summed E-state index contributed by atoms with van der Waals surface area (Å²) in [5.41, 5.74) is 6.26. The largest absolute Gasteiger partial charge is 0.346 e. The summed E-state index contributed by atoms with van der Waals surface area (Å²) in [7, 11) is 1.85. The van der Waals surface area contributed by atoms with E-state index in [4.69, 9.17) is 5.73 Å². The van der Waals surface area contributed by atoms with Gasteiger partial charge in [-0.15, -0.1) is 12.4 Å². The van der Waals surface area contributed by atoms with E-state index in [1.165, 1.54) is 32.1 Å². The van der Waals surface area contributed by atoms with Crippen molar-refractivity contribution in [3.8, 4) is 0 Å². The summed E-state index contributed by atoms with van der Waals surface area (Å²) >= 11 is 0. The van der Waals surface area contributed by atoms with Crippen LogP contribution < -0.4 is 11.1 Å². The Bertz CT molecular complexity index is 401. The van der Waals surface area contributed by atoms with Crippen molar-refractivity contribution in [2.45, 2.75) is 38.1 Å². The first-order valence-electron chi connectivity index (χ1n) is 6.69. The third kappa shape index (κ3) is 4.21. The highest BCUT2D eigenvalue weighted by molar-refractivity contribution is 5.92. The third-order valence-corrected chi connectivity index (χ3v) is 3.73. The molecule has 1 atom stereocenters. The van der Waals surface area contributed by atoms with E-state index in [0.717, 1.165) is 0 Å². The topological polar surface area (TPSA) is 72.9 Å². The fraction of sp³-hybridized carbons (Fsp3) is 0.692. The second-order valence-corrected chi connectivity index (χ2v) is 5.14. The molecule has 5 nitrogen and oxygen atoms in total. The molecule has 108 valence electrons. The van der Waals surface area contributed by atoms with Gasteiger partial charge in [0.15, 0.2) is 0 Å². The minimum atomic E-state index is -0.114. The van der Waals surface area contributed by atoms with Gasteiger partial charge in [0.1, 0.15) is 5.69 Å². The predicted molar refractivity (Wildman–Crippen MR) is 77.3 cm³/mol. The lowest BCUT2D eigenvalue weighted by atomic mass is 9.84. The molecule has 0 saturated heterocycles. The van der Waals surface area contributed by atoms with E-state index in [1.54, 1.807) is 17.1 Å². The molecule has 1 unspecified atom stereocenters. The summed E-state index contributed by atoms with van der Waals surface area (Å²) in [4.78, 5) is 16.1. The molecule has 0 aliphatic heterocycles. The zero-order valence-electron chi connectivity index (χ0n) is 11.3. The fourth-order valence-electron chi connectivity index (χ4n) is 2.68. The zero-order chi connectivity index (χ0) is 13.0. The Kier molecular flexibility index (Phi) is 6.31. The summed E-state index contributed by atoms with van der Waals surface area (Å²) in [6.07, 6.45) is 9.51. The molecule has 19 heavy (non-hydrogen) atoms. The molecule has 3 N–H and O–H groups in total. The Morgan fingerprint density at radius 2 is 2.21 bits per heavy atom. The van der Waals surface area contributed by atoms with Gasteiger partial charge in [-0.25, -0.2) is 4.98 Å². The van der Waals surface area contributed by atoms with Crippen molar-refractivity contribution >= 4 is 18.3 Å². The first kappa shape index (κ1) is 16.0. The van der Waals surface area contributed by atoms with Crippen LogP contribution >= 0.6 is 12.4 Å². The second kappa shape index (κ2) is 7.50. The highest BCUT2D eigenvalue weighted by Gasteiger charge is 2.24. The smallest absolute Gasteiger partial charge is 0.271 e. The van der Waals surface area contributed by atoms with Crippen molar-refractivity contribution in [2.75, 3.05) is 6.54 Å². The highest BCUT2D eigenvalue weighted by atomic mass is 35.5. The maximum atomic E-state index is 12.0. The SMILES string of the molecule is Cl.Cn1cnc(C(=O)NC(CN)C2CCCCC2)c1. The van der Waals surface area contributed by atoms with Gasteiger partial charge < -0.3 is 15.6 Å². The number of carbonyl (C=O) groups is 1. The molecule has 1 aromatic rings. The molecule has 6 heteroatoms. The van der Waals surface area contributed by atoms with Crippen molar-refractivity contribution < 1.29 is 4.79 Å². The number of nitrogens with two attached hydrogens (primary N) is 1. The molecular weight excluding hydrogens is 264 g/mol. The van der Waals surface area contributed by atoms with Crippen LogP contribution in [0, 0.1) is 5.92 Å². The van der Waals surface area contributed by atoms with Gasteiger partial charge >= 0.3 is 0 Å². The molecule has 1 aliphatic carbocycles. The van der Waals surface area contributed by atoms with Gasteiger partial charge in [0.25, 0.3) is 5.91 Å². The van der Waals surface area contributed by atoms with Crippen molar-refractivity contribution in [3.63, 3.8) is 0 Å². The van der Waals surface area contributed by atoms with Crippen molar-refractivity contribution in [1.29, 1.82) is 0 Å². The maximum Gasteiger partial charge on any atom is 0.271 e. The lowest BCUT2D eigenvalue weighted by Gasteiger charge is -2.29. The Morgan fingerprint density at radius 1 is 1.53 bits per heavy atom. The Morgan fingerprint density at radius 3 is 2.74 bits per heavy atom. The van der Waals surface area contributed by atoms with E-state index in [0.29, 0.717) is 18.2 Å². The first-order chi connectivity index (χ1) is 8.70. The monoisotopic (exact) mass is 286 g/mol. The number of aryl methyl sites for hydroxylation is 1. The lowest BCUT2D eigenvalue weighted by Crippen LogP contribution is -2.46. The van der Waals surface area contributed by atoms with E-state index in [2.05, 4.69) is 10.3 Å². The second-order valence-electron chi connectivity index (χ2n) is 5.14. The number of carbonyl (C=O) groups excluding carboxylic acids is 1. The van der Waals surface area contributed by atoms with Gasteiger partial charge in [0.05, 0.1) is 6.33 Å². The van der Waals surface area contributed by atoms with Gasteiger partial charge in [0.2, 0.25) is 0 Å². The standard InChI is InChI=1S/C13H22N4O.ClH/c1-17-8-12(15-9-17)13(18)16-11(7-14)10-5-3-2-4-6-10;/h8-11H,2-7,14H2,1H3,(H,16,18);1H. The highest BCUT2D eigenvalue weighted by Crippen LogP contribution is 2.26. The first-order valence-corrected chi connectivity index (χ1v) is 6.69. The Hall–Kier alpha value is -1.07. The molecule has 2 rings (SSSR count). The number of hydrogen-bond acceptors (Lipinski definition) is 3. The van der Waals surface area contributed by atoms with Crippen LogP contribution in [0.3, 0.4) is 0 Å². The number of aromatic nitrogens is 2. The number of nitrogens with one attached hydrogen (secondary N) is 1. The van der Waals surface area contributed by atoms with E-state index < -0.39 is 0 Å². The lowest BCUT2D eigenvalue weighted by molar-refractivity contribution is 0.0911. The number of amides is 1. The van der Waals surface area contributed by atoms with Crippen LogP contribution in [0.5, 0.6) is 0 Å². The zero-order valence-corrected chi connectivity index (χ0v) is 12.2. The normalized spacial score (nSPS) is 17.6. The molecule has 1 aliphatic rings. The minimum absolute atomic E-state index is 0. The van der Waals surface area contributed by atoms with Gasteiger partial charge in [0, 0.05) is 25.8 Å². The summed E-state index contributed by atoms with van der Waals surface area (Å²) in [6.45, 7) is 0.503. The average molecular weight is 287 g/mol. The van der Waals surface area contributed by atoms with Crippen LogP contribution in [0.25, 0.3) is 0 Å². The van der Waals surface area contributed by atoms with Crippen LogP contribution in [0.1, 0.15) is 42.6 Å². The summed E-state index contributed by atoms with van der Waals surface area (Å²) < 4.78 is 1.77. The summed E-state index contributed by atoms with van der Waals surface area (Å²) in [5, 5.41) is 3.03. The van der Waals surface area contributed by atoms with E-state index in [-0.39, 0.29) is 24.4 Å². The van der Waals surface area contributed by atoms with E-state index in [1.807, 2.05) is 7.05 Å². The molecule has 1 heterocycles. The van der Waals surface area contributed by atoms with Gasteiger partial charge in [-0.2, -0.15) is 0 Å². The Labute approximate surface area is 120 Å². The summed E-state index contributed by atoms with van der Waals surface area (Å²) in [5.74, 6) is 0.410. The average Bonchev–Trinajstić information content (AvgIpc) is 2.83. The maximum absolute atomic E-state index is 12.0. The number of rotatable bonds is 4. The van der Waals surface area contributed by atoms with Crippen molar-refractivity contribution in [1.82, 2.24) is 14.9 Å². The molecule has 1 saturated carbocycles. The van der Waals surface area contributed by atoms with Crippen LogP contribution in [-0.4, -0.2) is 28.0 Å². The summed E-state index contributed by atoms with van der Waals surface area (Å²) in [6, 6.07) is 0.0832. The number of halogens is 1. The van der Waals surface area contributed by atoms with E-state index >= 15 is 0 Å². The molecule has 1 amide bonds. The number of hydrogen-bond donors (Lipinski definition) is 2. The van der Waals surface area contributed by atoms with Crippen LogP contribution in [0.15, 0.2) is 12.5 Å². The molecule has 0 spiro atoms. The van der Waals surface area contributed by atoms with Gasteiger partial charge in [-0.05, 0) is 18.8 Å².